The number of carbonyl (C=O) groups excluding carboxylic acids is 1. The third kappa shape index (κ3) is 4.54. The minimum atomic E-state index is -0.374. The molecule has 1 saturated heterocycles. The first-order valence-corrected chi connectivity index (χ1v) is 8.20. The van der Waals surface area contributed by atoms with Crippen LogP contribution in [0.1, 0.15) is 45.1 Å². The summed E-state index contributed by atoms with van der Waals surface area (Å²) in [6.07, 6.45) is 3.70. The summed E-state index contributed by atoms with van der Waals surface area (Å²) in [6.45, 7) is 4.51. The predicted octanol–water partition coefficient (Wildman–Crippen LogP) is 3.16. The highest BCUT2D eigenvalue weighted by Gasteiger charge is 2.31. The van der Waals surface area contributed by atoms with Crippen molar-refractivity contribution in [3.63, 3.8) is 0 Å². The van der Waals surface area contributed by atoms with E-state index in [0.29, 0.717) is 12.8 Å². The number of nitrogens with zero attached hydrogens (tertiary/aromatic N) is 1. The van der Waals surface area contributed by atoms with Crippen LogP contribution >= 0.6 is 0 Å². The number of amides is 1. The lowest BCUT2D eigenvalue weighted by Gasteiger charge is -2.28. The van der Waals surface area contributed by atoms with Crippen LogP contribution in [-0.2, 0) is 11.2 Å². The summed E-state index contributed by atoms with van der Waals surface area (Å²) in [5.41, 5.74) is 0.932. The van der Waals surface area contributed by atoms with Crippen LogP contribution < -0.4 is 0 Å². The summed E-state index contributed by atoms with van der Waals surface area (Å²) in [7, 11) is 0. The standard InChI is InChI=1S/C18H26FNO2/c1-13(8-9-15-5-3-6-16(19)12-15)18(22)20-10-4-7-17(20)11-14(2)21/h3,5-6,12-14,17,21H,4,7-11H2,1-2H3. The van der Waals surface area contributed by atoms with E-state index in [9.17, 15) is 14.3 Å². The van der Waals surface area contributed by atoms with E-state index in [-0.39, 0.29) is 29.8 Å². The number of benzene rings is 1. The van der Waals surface area contributed by atoms with Crippen LogP contribution in [0.25, 0.3) is 0 Å². The Hall–Kier alpha value is -1.42. The minimum Gasteiger partial charge on any atom is -0.393 e. The van der Waals surface area contributed by atoms with E-state index >= 15 is 0 Å². The van der Waals surface area contributed by atoms with Crippen molar-refractivity contribution in [3.8, 4) is 0 Å². The van der Waals surface area contributed by atoms with Gasteiger partial charge in [0, 0.05) is 18.5 Å². The molecule has 2 rings (SSSR count). The Balaban J connectivity index is 1.88. The van der Waals surface area contributed by atoms with E-state index in [2.05, 4.69) is 0 Å². The van der Waals surface area contributed by atoms with Gasteiger partial charge < -0.3 is 10.0 Å². The molecule has 0 saturated carbocycles. The van der Waals surface area contributed by atoms with E-state index in [1.54, 1.807) is 13.0 Å². The number of carbonyl (C=O) groups is 1. The Labute approximate surface area is 132 Å². The Morgan fingerprint density at radius 1 is 1.45 bits per heavy atom. The summed E-state index contributed by atoms with van der Waals surface area (Å²) in [4.78, 5) is 14.5. The van der Waals surface area contributed by atoms with E-state index < -0.39 is 0 Å². The second-order valence-electron chi connectivity index (χ2n) is 6.48. The molecule has 1 aliphatic heterocycles. The summed E-state index contributed by atoms with van der Waals surface area (Å²) in [5, 5.41) is 9.56. The van der Waals surface area contributed by atoms with Crippen LogP contribution in [0.5, 0.6) is 0 Å². The Kier molecular flexibility index (Phi) is 5.95. The number of halogens is 1. The van der Waals surface area contributed by atoms with Gasteiger partial charge in [0.05, 0.1) is 6.10 Å². The predicted molar refractivity (Wildman–Crippen MR) is 84.9 cm³/mol. The van der Waals surface area contributed by atoms with Crippen LogP contribution in [0.15, 0.2) is 24.3 Å². The zero-order valence-corrected chi connectivity index (χ0v) is 13.5. The number of aryl methyl sites for hydroxylation is 1. The Morgan fingerprint density at radius 2 is 2.23 bits per heavy atom. The van der Waals surface area contributed by atoms with Crippen molar-refractivity contribution >= 4 is 5.91 Å². The molecule has 4 heteroatoms. The first-order valence-electron chi connectivity index (χ1n) is 8.20. The fraction of sp³-hybridized carbons (Fsp3) is 0.611. The summed E-state index contributed by atoms with van der Waals surface area (Å²) in [6, 6.07) is 6.73. The summed E-state index contributed by atoms with van der Waals surface area (Å²) < 4.78 is 13.2. The second-order valence-corrected chi connectivity index (χ2v) is 6.48. The molecule has 122 valence electrons. The average Bonchev–Trinajstić information content (AvgIpc) is 2.91. The zero-order valence-electron chi connectivity index (χ0n) is 13.5. The number of aliphatic hydroxyl groups excluding tert-OH is 1. The highest BCUT2D eigenvalue weighted by molar-refractivity contribution is 5.79. The van der Waals surface area contributed by atoms with Crippen molar-refractivity contribution in [1.82, 2.24) is 4.90 Å². The number of aliphatic hydroxyl groups is 1. The van der Waals surface area contributed by atoms with Gasteiger partial charge in [-0.15, -0.1) is 0 Å². The summed E-state index contributed by atoms with van der Waals surface area (Å²) >= 11 is 0. The number of hydrogen-bond donors (Lipinski definition) is 1. The highest BCUT2D eigenvalue weighted by Crippen LogP contribution is 2.24. The van der Waals surface area contributed by atoms with Crippen LogP contribution in [-0.4, -0.2) is 34.6 Å². The first kappa shape index (κ1) is 16.9. The molecule has 1 fully saturated rings. The van der Waals surface area contributed by atoms with Gasteiger partial charge in [0.2, 0.25) is 5.91 Å². The molecular formula is C18H26FNO2. The van der Waals surface area contributed by atoms with Crippen LogP contribution in [0.2, 0.25) is 0 Å². The maximum absolute atomic E-state index is 13.2. The van der Waals surface area contributed by atoms with Gasteiger partial charge >= 0.3 is 0 Å². The lowest BCUT2D eigenvalue weighted by molar-refractivity contribution is -0.136. The Morgan fingerprint density at radius 3 is 2.91 bits per heavy atom. The molecule has 1 aliphatic rings. The molecule has 1 heterocycles. The third-order valence-electron chi connectivity index (χ3n) is 4.45. The maximum Gasteiger partial charge on any atom is 0.225 e. The number of likely N-dealkylation sites (tertiary alicyclic amines) is 1. The molecule has 1 aromatic carbocycles. The maximum atomic E-state index is 13.2. The number of rotatable bonds is 6. The first-order chi connectivity index (χ1) is 10.5. The van der Waals surface area contributed by atoms with Crippen LogP contribution in [0.3, 0.4) is 0 Å². The molecule has 0 radical (unpaired) electrons. The molecule has 0 aliphatic carbocycles. The van der Waals surface area contributed by atoms with Gasteiger partial charge in [-0.05, 0) is 56.7 Å². The van der Waals surface area contributed by atoms with Crippen molar-refractivity contribution in [2.24, 2.45) is 5.92 Å². The van der Waals surface area contributed by atoms with E-state index in [0.717, 1.165) is 31.4 Å². The summed E-state index contributed by atoms with van der Waals surface area (Å²) in [5.74, 6) is -0.134. The van der Waals surface area contributed by atoms with Crippen molar-refractivity contribution < 1.29 is 14.3 Å². The van der Waals surface area contributed by atoms with Gasteiger partial charge in [-0.3, -0.25) is 4.79 Å². The molecule has 1 amide bonds. The topological polar surface area (TPSA) is 40.5 Å². The van der Waals surface area contributed by atoms with Gasteiger partial charge in [0.25, 0.3) is 0 Å². The zero-order chi connectivity index (χ0) is 16.1. The van der Waals surface area contributed by atoms with Crippen molar-refractivity contribution in [2.75, 3.05) is 6.54 Å². The lowest BCUT2D eigenvalue weighted by Crippen LogP contribution is -2.40. The monoisotopic (exact) mass is 307 g/mol. The molecule has 0 aromatic heterocycles. The molecule has 3 nitrogen and oxygen atoms in total. The molecule has 22 heavy (non-hydrogen) atoms. The van der Waals surface area contributed by atoms with Gasteiger partial charge in [0.15, 0.2) is 0 Å². The Bertz CT molecular complexity index is 504. The fourth-order valence-electron chi connectivity index (χ4n) is 3.25. The fourth-order valence-corrected chi connectivity index (χ4v) is 3.25. The SMILES string of the molecule is CC(O)CC1CCCN1C(=O)C(C)CCc1cccc(F)c1. The molecule has 0 bridgehead atoms. The van der Waals surface area contributed by atoms with Crippen LogP contribution in [0.4, 0.5) is 4.39 Å². The third-order valence-corrected chi connectivity index (χ3v) is 4.45. The molecule has 1 aromatic rings. The van der Waals surface area contributed by atoms with E-state index in [4.69, 9.17) is 0 Å². The van der Waals surface area contributed by atoms with Gasteiger partial charge in [-0.2, -0.15) is 0 Å². The largest absolute Gasteiger partial charge is 0.393 e. The lowest BCUT2D eigenvalue weighted by atomic mass is 9.99. The van der Waals surface area contributed by atoms with E-state index in [1.165, 1.54) is 12.1 Å². The smallest absolute Gasteiger partial charge is 0.225 e. The molecule has 1 N–H and O–H groups in total. The van der Waals surface area contributed by atoms with Crippen molar-refractivity contribution in [1.29, 1.82) is 0 Å². The van der Waals surface area contributed by atoms with Gasteiger partial charge in [-0.1, -0.05) is 19.1 Å². The minimum absolute atomic E-state index is 0.0714. The highest BCUT2D eigenvalue weighted by atomic mass is 19.1. The molecular weight excluding hydrogens is 281 g/mol. The van der Waals surface area contributed by atoms with Crippen molar-refractivity contribution in [3.05, 3.63) is 35.6 Å². The normalized spacial score (nSPS) is 20.9. The second kappa shape index (κ2) is 7.73. The average molecular weight is 307 g/mol. The van der Waals surface area contributed by atoms with Gasteiger partial charge in [0.1, 0.15) is 5.82 Å². The van der Waals surface area contributed by atoms with Crippen LogP contribution in [0, 0.1) is 11.7 Å². The number of hydrogen-bond acceptors (Lipinski definition) is 2. The molecule has 3 unspecified atom stereocenters. The van der Waals surface area contributed by atoms with Gasteiger partial charge in [-0.25, -0.2) is 4.39 Å². The van der Waals surface area contributed by atoms with Crippen molar-refractivity contribution in [2.45, 2.75) is 58.1 Å². The quantitative estimate of drug-likeness (QED) is 0.877. The molecule has 3 atom stereocenters. The van der Waals surface area contributed by atoms with E-state index in [1.807, 2.05) is 17.9 Å². The molecule has 0 spiro atoms.